The van der Waals surface area contributed by atoms with Gasteiger partial charge in [0.2, 0.25) is 15.9 Å². The lowest BCUT2D eigenvalue weighted by molar-refractivity contribution is -0.119. The molecule has 1 fully saturated rings. The second-order valence-corrected chi connectivity index (χ2v) is 10.3. The van der Waals surface area contributed by atoms with E-state index in [1.807, 2.05) is 0 Å². The first-order valence-corrected chi connectivity index (χ1v) is 11.4. The highest BCUT2D eigenvalue weighted by Gasteiger charge is 2.41. The van der Waals surface area contributed by atoms with Crippen LogP contribution in [0.1, 0.15) is 6.92 Å². The molecule has 138 valence electrons. The minimum Gasteiger partial charge on any atom is -0.280 e. The minimum atomic E-state index is -3.84. The molecule has 0 spiro atoms. The standard InChI is InChI=1S/C16H15BrN2O5S2/c1-11-10-25(21,22)19(16(11)20)14-6-8-15(9-7-14)26(23,24)18-13-4-2-12(17)3-5-13/h2-9,11,18H,10H2,1H3/t11-/m0/s1. The Morgan fingerprint density at radius 1 is 1.08 bits per heavy atom. The van der Waals surface area contributed by atoms with E-state index in [-0.39, 0.29) is 16.3 Å². The van der Waals surface area contributed by atoms with Crippen LogP contribution in [0.2, 0.25) is 0 Å². The Labute approximate surface area is 160 Å². The third-order valence-electron chi connectivity index (χ3n) is 3.84. The molecule has 1 heterocycles. The van der Waals surface area contributed by atoms with Crippen molar-refractivity contribution in [3.63, 3.8) is 0 Å². The zero-order chi connectivity index (χ0) is 19.1. The van der Waals surface area contributed by atoms with Crippen LogP contribution < -0.4 is 9.03 Å². The lowest BCUT2D eigenvalue weighted by Gasteiger charge is -2.16. The van der Waals surface area contributed by atoms with Crippen LogP contribution in [-0.4, -0.2) is 28.5 Å². The zero-order valence-corrected chi connectivity index (χ0v) is 16.8. The van der Waals surface area contributed by atoms with E-state index in [0.717, 1.165) is 8.78 Å². The molecule has 3 rings (SSSR count). The van der Waals surface area contributed by atoms with E-state index in [9.17, 15) is 21.6 Å². The molecular weight excluding hydrogens is 444 g/mol. The maximum Gasteiger partial charge on any atom is 0.261 e. The summed E-state index contributed by atoms with van der Waals surface area (Å²) in [7, 11) is -7.56. The molecule has 10 heteroatoms. The number of amides is 1. The Bertz CT molecular complexity index is 1050. The van der Waals surface area contributed by atoms with Crippen molar-refractivity contribution < 1.29 is 21.6 Å². The highest BCUT2D eigenvalue weighted by Crippen LogP contribution is 2.29. The summed E-state index contributed by atoms with van der Waals surface area (Å²) < 4.78 is 53.1. The molecule has 1 aliphatic rings. The molecule has 1 N–H and O–H groups in total. The monoisotopic (exact) mass is 458 g/mol. The van der Waals surface area contributed by atoms with Gasteiger partial charge in [0.25, 0.3) is 10.0 Å². The Morgan fingerprint density at radius 2 is 1.65 bits per heavy atom. The molecule has 7 nitrogen and oxygen atoms in total. The lowest BCUT2D eigenvalue weighted by Crippen LogP contribution is -2.30. The Morgan fingerprint density at radius 3 is 2.15 bits per heavy atom. The fourth-order valence-electron chi connectivity index (χ4n) is 2.58. The number of rotatable bonds is 4. The van der Waals surface area contributed by atoms with Gasteiger partial charge in [-0.15, -0.1) is 0 Å². The fourth-order valence-corrected chi connectivity index (χ4v) is 5.72. The molecule has 1 saturated heterocycles. The number of nitrogens with one attached hydrogen (secondary N) is 1. The molecule has 1 amide bonds. The van der Waals surface area contributed by atoms with Crippen molar-refractivity contribution in [1.29, 1.82) is 0 Å². The second-order valence-electron chi connectivity index (χ2n) is 5.89. The molecule has 0 aromatic heterocycles. The first-order valence-electron chi connectivity index (χ1n) is 7.55. The average molecular weight is 459 g/mol. The van der Waals surface area contributed by atoms with Gasteiger partial charge in [0, 0.05) is 10.2 Å². The summed E-state index contributed by atoms with van der Waals surface area (Å²) in [4.78, 5) is 12.0. The number of nitrogens with zero attached hydrogens (tertiary/aromatic N) is 1. The molecule has 0 saturated carbocycles. The van der Waals surface area contributed by atoms with Crippen molar-refractivity contribution in [3.05, 3.63) is 53.0 Å². The average Bonchev–Trinajstić information content (AvgIpc) is 2.77. The Kier molecular flexibility index (Phi) is 4.84. The van der Waals surface area contributed by atoms with Crippen molar-refractivity contribution in [2.45, 2.75) is 11.8 Å². The molecule has 0 aliphatic carbocycles. The van der Waals surface area contributed by atoms with E-state index in [1.54, 1.807) is 31.2 Å². The Hall–Kier alpha value is -1.91. The van der Waals surface area contributed by atoms with Crippen molar-refractivity contribution in [2.24, 2.45) is 5.92 Å². The van der Waals surface area contributed by atoms with Crippen LogP contribution in [0.4, 0.5) is 11.4 Å². The number of carbonyl (C=O) groups is 1. The van der Waals surface area contributed by atoms with E-state index in [1.165, 1.54) is 24.3 Å². The Balaban J connectivity index is 1.87. The van der Waals surface area contributed by atoms with Crippen molar-refractivity contribution >= 4 is 53.3 Å². The van der Waals surface area contributed by atoms with Gasteiger partial charge in [-0.25, -0.2) is 21.1 Å². The third-order valence-corrected chi connectivity index (χ3v) is 7.63. The van der Waals surface area contributed by atoms with Crippen molar-refractivity contribution in [3.8, 4) is 0 Å². The fraction of sp³-hybridized carbons (Fsp3) is 0.188. The van der Waals surface area contributed by atoms with Crippen LogP contribution in [0.15, 0.2) is 57.9 Å². The maximum absolute atomic E-state index is 12.4. The van der Waals surface area contributed by atoms with E-state index in [4.69, 9.17) is 0 Å². The molecule has 0 unspecified atom stereocenters. The van der Waals surface area contributed by atoms with Crippen molar-refractivity contribution in [2.75, 3.05) is 14.8 Å². The van der Waals surface area contributed by atoms with E-state index in [0.29, 0.717) is 5.69 Å². The number of carbonyl (C=O) groups excluding carboxylic acids is 1. The molecule has 2 aromatic carbocycles. The number of anilines is 2. The predicted molar refractivity (Wildman–Crippen MR) is 102 cm³/mol. The van der Waals surface area contributed by atoms with Gasteiger partial charge in [-0.2, -0.15) is 0 Å². The van der Waals surface area contributed by atoms with Crippen LogP contribution in [0.25, 0.3) is 0 Å². The smallest absolute Gasteiger partial charge is 0.261 e. The quantitative estimate of drug-likeness (QED) is 0.758. The van der Waals surface area contributed by atoms with Crippen molar-refractivity contribution in [1.82, 2.24) is 0 Å². The van der Waals surface area contributed by atoms with Crippen LogP contribution >= 0.6 is 15.9 Å². The molecule has 1 atom stereocenters. The molecule has 0 radical (unpaired) electrons. The van der Waals surface area contributed by atoms with E-state index < -0.39 is 31.9 Å². The van der Waals surface area contributed by atoms with Gasteiger partial charge in [0.1, 0.15) is 0 Å². The minimum absolute atomic E-state index is 0.0405. The zero-order valence-electron chi connectivity index (χ0n) is 13.6. The van der Waals surface area contributed by atoms with Gasteiger partial charge in [0.05, 0.1) is 22.3 Å². The van der Waals surface area contributed by atoms with Crippen LogP contribution in [0.3, 0.4) is 0 Å². The maximum atomic E-state index is 12.4. The summed E-state index contributed by atoms with van der Waals surface area (Å²) in [5, 5.41) is 0. The van der Waals surface area contributed by atoms with Crippen LogP contribution in [0, 0.1) is 5.92 Å². The normalized spacial score (nSPS) is 19.5. The highest BCUT2D eigenvalue weighted by molar-refractivity contribution is 9.10. The first kappa shape index (κ1) is 18.9. The summed E-state index contributed by atoms with van der Waals surface area (Å²) in [6.45, 7) is 1.54. The van der Waals surface area contributed by atoms with Gasteiger partial charge >= 0.3 is 0 Å². The van der Waals surface area contributed by atoms with Gasteiger partial charge in [-0.3, -0.25) is 9.52 Å². The number of sulfonamides is 2. The third kappa shape index (κ3) is 3.62. The van der Waals surface area contributed by atoms with E-state index >= 15 is 0 Å². The second kappa shape index (κ2) is 6.67. The number of hydrogen-bond donors (Lipinski definition) is 1. The summed E-state index contributed by atoms with van der Waals surface area (Å²) in [6.07, 6.45) is 0. The summed E-state index contributed by atoms with van der Waals surface area (Å²) in [5.74, 6) is -1.40. The topological polar surface area (TPSA) is 101 Å². The predicted octanol–water partition coefficient (Wildman–Crippen LogP) is 2.56. The molecule has 0 bridgehead atoms. The summed E-state index contributed by atoms with van der Waals surface area (Å²) >= 11 is 3.27. The first-order chi connectivity index (χ1) is 12.1. The largest absolute Gasteiger partial charge is 0.280 e. The summed E-state index contributed by atoms with van der Waals surface area (Å²) in [5.41, 5.74) is 0.519. The van der Waals surface area contributed by atoms with Crippen LogP contribution in [0.5, 0.6) is 0 Å². The van der Waals surface area contributed by atoms with Crippen LogP contribution in [-0.2, 0) is 24.8 Å². The number of benzene rings is 2. The van der Waals surface area contributed by atoms with Gasteiger partial charge in [-0.05, 0) is 48.5 Å². The molecule has 1 aliphatic heterocycles. The number of halogens is 1. The molecule has 2 aromatic rings. The molecular formula is C16H15BrN2O5S2. The summed E-state index contributed by atoms with van der Waals surface area (Å²) in [6, 6.07) is 11.8. The van der Waals surface area contributed by atoms with Gasteiger partial charge in [-0.1, -0.05) is 22.9 Å². The SMILES string of the molecule is C[C@H]1CS(=O)(=O)N(c2ccc(S(=O)(=O)Nc3ccc(Br)cc3)cc2)C1=O. The highest BCUT2D eigenvalue weighted by atomic mass is 79.9. The van der Waals surface area contributed by atoms with Gasteiger partial charge < -0.3 is 0 Å². The number of hydrogen-bond acceptors (Lipinski definition) is 5. The lowest BCUT2D eigenvalue weighted by atomic mass is 10.2. The molecule has 26 heavy (non-hydrogen) atoms. The van der Waals surface area contributed by atoms with E-state index in [2.05, 4.69) is 20.7 Å². The van der Waals surface area contributed by atoms with Gasteiger partial charge in [0.15, 0.2) is 0 Å².